The molecule has 1 amide bonds. The van der Waals surface area contributed by atoms with Crippen molar-refractivity contribution < 1.29 is 4.79 Å². The first-order chi connectivity index (χ1) is 4.49. The van der Waals surface area contributed by atoms with E-state index in [0.717, 1.165) is 13.1 Å². The molecule has 0 rings (SSSR count). The van der Waals surface area contributed by atoms with E-state index in [1.165, 1.54) is 0 Å². The predicted octanol–water partition coefficient (Wildman–Crippen LogP) is 1.42. The molecule has 0 bridgehead atoms. The molecule has 59 valence electrons. The van der Waals surface area contributed by atoms with Gasteiger partial charge in [0, 0.05) is 13.1 Å². The Labute approximate surface area is 63.2 Å². The molecule has 0 unspecified atom stereocenters. The monoisotopic (exact) mass is 142 g/mol. The Bertz CT molecular complexity index is 104. The summed E-state index contributed by atoms with van der Waals surface area (Å²) in [4.78, 5) is 11.9. The maximum atomic E-state index is 10.2. The van der Waals surface area contributed by atoms with Crippen LogP contribution in [-0.4, -0.2) is 24.4 Å². The lowest BCUT2D eigenvalue weighted by atomic mass is 9.96. The van der Waals surface area contributed by atoms with Gasteiger partial charge in [0.05, 0.1) is 0 Å². The second kappa shape index (κ2) is 3.59. The molecular weight excluding hydrogens is 126 g/mol. The molecule has 0 aromatic carbocycles. The van der Waals surface area contributed by atoms with E-state index in [-0.39, 0.29) is 5.41 Å². The van der Waals surface area contributed by atoms with Crippen LogP contribution in [0.2, 0.25) is 0 Å². The van der Waals surface area contributed by atoms with Crippen LogP contribution < -0.4 is 0 Å². The van der Waals surface area contributed by atoms with Crippen molar-refractivity contribution in [2.45, 2.75) is 27.7 Å². The van der Waals surface area contributed by atoms with E-state index >= 15 is 0 Å². The van der Waals surface area contributed by atoms with Crippen molar-refractivity contribution in [1.29, 1.82) is 0 Å². The van der Waals surface area contributed by atoms with E-state index in [9.17, 15) is 4.79 Å². The smallest absolute Gasteiger partial charge is 0.312 e. The van der Waals surface area contributed by atoms with Crippen molar-refractivity contribution >= 4 is 6.41 Å². The summed E-state index contributed by atoms with van der Waals surface area (Å²) in [6.45, 7) is 9.80. The van der Waals surface area contributed by atoms with Crippen LogP contribution in [0.1, 0.15) is 27.7 Å². The van der Waals surface area contributed by atoms with Crippen molar-refractivity contribution in [2.75, 3.05) is 13.1 Å². The number of rotatable bonds is 3. The van der Waals surface area contributed by atoms with Gasteiger partial charge in [0.15, 0.2) is 0 Å². The Hall–Kier alpha value is -0.530. The maximum Gasteiger partial charge on any atom is 0.312 e. The highest BCUT2D eigenvalue weighted by Gasteiger charge is 2.13. The lowest BCUT2D eigenvalue weighted by molar-refractivity contribution is 0.272. The van der Waals surface area contributed by atoms with Crippen molar-refractivity contribution in [3.8, 4) is 0 Å². The number of amides is 1. The number of hydrogen-bond donors (Lipinski definition) is 0. The molecule has 0 N–H and O–H groups in total. The SMILES string of the molecule is CCN([C]=O)CC(C)(C)C. The summed E-state index contributed by atoms with van der Waals surface area (Å²) in [6.07, 6.45) is 1.89. The Morgan fingerprint density at radius 3 is 2.00 bits per heavy atom. The van der Waals surface area contributed by atoms with Gasteiger partial charge in [0.2, 0.25) is 0 Å². The first-order valence-corrected chi connectivity index (χ1v) is 3.62. The summed E-state index contributed by atoms with van der Waals surface area (Å²) >= 11 is 0. The largest absolute Gasteiger partial charge is 0.334 e. The number of nitrogens with zero attached hydrogens (tertiary/aromatic N) is 1. The summed E-state index contributed by atoms with van der Waals surface area (Å²) in [6, 6.07) is 0. The summed E-state index contributed by atoms with van der Waals surface area (Å²) in [5.41, 5.74) is 0.188. The predicted molar refractivity (Wildman–Crippen MR) is 42.4 cm³/mol. The van der Waals surface area contributed by atoms with Gasteiger partial charge in [0.25, 0.3) is 0 Å². The van der Waals surface area contributed by atoms with Gasteiger partial charge in [-0.1, -0.05) is 20.8 Å². The highest BCUT2D eigenvalue weighted by molar-refractivity contribution is 5.47. The average Bonchev–Trinajstić information content (AvgIpc) is 1.81. The minimum atomic E-state index is 0.188. The third-order valence-corrected chi connectivity index (χ3v) is 1.18. The minimum absolute atomic E-state index is 0.188. The van der Waals surface area contributed by atoms with Crippen LogP contribution in [0.15, 0.2) is 0 Å². The van der Waals surface area contributed by atoms with Crippen molar-refractivity contribution in [2.24, 2.45) is 5.41 Å². The van der Waals surface area contributed by atoms with Crippen LogP contribution in [0.3, 0.4) is 0 Å². The second-order valence-corrected chi connectivity index (χ2v) is 3.67. The number of hydrogen-bond acceptors (Lipinski definition) is 1. The molecular formula is C8H16NO. The Morgan fingerprint density at radius 1 is 1.40 bits per heavy atom. The fourth-order valence-corrected chi connectivity index (χ4v) is 0.781. The Morgan fingerprint density at radius 2 is 1.90 bits per heavy atom. The van der Waals surface area contributed by atoms with Gasteiger partial charge < -0.3 is 4.90 Å². The molecule has 0 saturated carbocycles. The van der Waals surface area contributed by atoms with Gasteiger partial charge in [-0.05, 0) is 12.3 Å². The Kier molecular flexibility index (Phi) is 3.40. The molecule has 0 aliphatic heterocycles. The van der Waals surface area contributed by atoms with E-state index in [0.29, 0.717) is 0 Å². The highest BCUT2D eigenvalue weighted by atomic mass is 16.1. The molecule has 2 heteroatoms. The lowest BCUT2D eigenvalue weighted by Crippen LogP contribution is -2.31. The zero-order valence-electron chi connectivity index (χ0n) is 7.27. The summed E-state index contributed by atoms with van der Waals surface area (Å²) in [7, 11) is 0. The normalized spacial score (nSPS) is 11.2. The zero-order chi connectivity index (χ0) is 8.20. The van der Waals surface area contributed by atoms with Crippen LogP contribution in [0.5, 0.6) is 0 Å². The molecule has 0 aliphatic rings. The molecule has 0 spiro atoms. The van der Waals surface area contributed by atoms with E-state index in [4.69, 9.17) is 0 Å². The minimum Gasteiger partial charge on any atom is -0.334 e. The summed E-state index contributed by atoms with van der Waals surface area (Å²) in [5, 5.41) is 0. The fourth-order valence-electron chi connectivity index (χ4n) is 0.781. The van der Waals surface area contributed by atoms with E-state index < -0.39 is 0 Å². The van der Waals surface area contributed by atoms with Crippen LogP contribution in [0.4, 0.5) is 0 Å². The van der Waals surface area contributed by atoms with Crippen molar-refractivity contribution in [3.63, 3.8) is 0 Å². The quantitative estimate of drug-likeness (QED) is 0.546. The van der Waals surface area contributed by atoms with Crippen molar-refractivity contribution in [1.82, 2.24) is 4.90 Å². The van der Waals surface area contributed by atoms with Crippen LogP contribution in [0.25, 0.3) is 0 Å². The Balaban J connectivity index is 3.74. The molecule has 0 fully saturated rings. The first-order valence-electron chi connectivity index (χ1n) is 3.62. The van der Waals surface area contributed by atoms with Gasteiger partial charge in [-0.15, -0.1) is 0 Å². The van der Waals surface area contributed by atoms with E-state index in [2.05, 4.69) is 20.8 Å². The molecule has 0 atom stereocenters. The fraction of sp³-hybridized carbons (Fsp3) is 0.875. The van der Waals surface area contributed by atoms with Gasteiger partial charge in [-0.3, -0.25) is 4.79 Å². The van der Waals surface area contributed by atoms with Crippen molar-refractivity contribution in [3.05, 3.63) is 0 Å². The molecule has 0 aromatic heterocycles. The first kappa shape index (κ1) is 9.47. The zero-order valence-corrected chi connectivity index (χ0v) is 7.27. The van der Waals surface area contributed by atoms with Crippen LogP contribution >= 0.6 is 0 Å². The molecule has 0 aromatic rings. The maximum absolute atomic E-state index is 10.2. The highest BCUT2D eigenvalue weighted by Crippen LogP contribution is 2.13. The van der Waals surface area contributed by atoms with Gasteiger partial charge in [-0.25, -0.2) is 0 Å². The third-order valence-electron chi connectivity index (χ3n) is 1.18. The number of carbonyl (C=O) groups excluding carboxylic acids is 1. The summed E-state index contributed by atoms with van der Waals surface area (Å²) in [5.74, 6) is 0. The van der Waals surface area contributed by atoms with Crippen LogP contribution in [-0.2, 0) is 4.79 Å². The molecule has 10 heavy (non-hydrogen) atoms. The topological polar surface area (TPSA) is 20.3 Å². The molecule has 2 nitrogen and oxygen atoms in total. The molecule has 0 saturated heterocycles. The second-order valence-electron chi connectivity index (χ2n) is 3.67. The third kappa shape index (κ3) is 4.36. The van der Waals surface area contributed by atoms with Gasteiger partial charge >= 0.3 is 6.41 Å². The average molecular weight is 142 g/mol. The van der Waals surface area contributed by atoms with E-state index in [1.807, 2.05) is 13.3 Å². The van der Waals surface area contributed by atoms with Gasteiger partial charge in [0.1, 0.15) is 0 Å². The van der Waals surface area contributed by atoms with Gasteiger partial charge in [-0.2, -0.15) is 0 Å². The molecule has 0 aliphatic carbocycles. The molecule has 1 radical (unpaired) electrons. The summed E-state index contributed by atoms with van der Waals surface area (Å²) < 4.78 is 0. The lowest BCUT2D eigenvalue weighted by Gasteiger charge is -2.24. The van der Waals surface area contributed by atoms with E-state index in [1.54, 1.807) is 4.90 Å². The molecule has 0 heterocycles. The van der Waals surface area contributed by atoms with Crippen LogP contribution in [0, 0.1) is 5.41 Å². The standard InChI is InChI=1S/C8H16NO/c1-5-9(7-10)6-8(2,3)4/h5-6H2,1-4H3.